The maximum absolute atomic E-state index is 12.5. The van der Waals surface area contributed by atoms with Gasteiger partial charge in [0.15, 0.2) is 0 Å². The molecule has 0 saturated carbocycles. The Balaban J connectivity index is 0.000000231. The molecule has 0 aliphatic heterocycles. The van der Waals surface area contributed by atoms with Gasteiger partial charge in [0, 0.05) is 0 Å². The molecule has 2 heteroatoms. The maximum Gasteiger partial charge on any atom is 0.312 e. The molecule has 33 heavy (non-hydrogen) atoms. The van der Waals surface area contributed by atoms with Gasteiger partial charge < -0.3 is 4.74 Å². The van der Waals surface area contributed by atoms with Gasteiger partial charge in [-0.15, -0.1) is 0 Å². The molecule has 2 nitrogen and oxygen atoms in total. The normalized spacial score (nSPS) is 19.2. The Hall–Kier alpha value is -2.61. The molecule has 0 aromatic heterocycles. The zero-order valence-electron chi connectivity index (χ0n) is 21.4. The third-order valence-corrected chi connectivity index (χ3v) is 7.73. The number of rotatable bonds is 5. The van der Waals surface area contributed by atoms with Gasteiger partial charge in [0.25, 0.3) is 0 Å². The van der Waals surface area contributed by atoms with Crippen molar-refractivity contribution in [2.75, 3.05) is 0 Å². The first kappa shape index (κ1) is 25.0. The van der Waals surface area contributed by atoms with Gasteiger partial charge in [0.1, 0.15) is 5.60 Å². The molecule has 1 aliphatic rings. The Bertz CT molecular complexity index is 1100. The van der Waals surface area contributed by atoms with Gasteiger partial charge in [-0.05, 0) is 85.4 Å². The second-order valence-electron chi connectivity index (χ2n) is 10.4. The summed E-state index contributed by atoms with van der Waals surface area (Å²) in [6, 6.07) is 23.4. The van der Waals surface area contributed by atoms with Crippen molar-refractivity contribution in [3.8, 4) is 0 Å². The van der Waals surface area contributed by atoms with Crippen molar-refractivity contribution in [1.29, 1.82) is 0 Å². The number of carbonyl (C=O) groups excluding carboxylic acids is 1. The molecular formula is C31H40O2. The number of hydrogen-bond acceptors (Lipinski definition) is 2. The first-order valence-corrected chi connectivity index (χ1v) is 12.4. The van der Waals surface area contributed by atoms with Crippen LogP contribution in [0.25, 0.3) is 10.8 Å². The van der Waals surface area contributed by atoms with Gasteiger partial charge in [-0.1, -0.05) is 88.4 Å². The van der Waals surface area contributed by atoms with Crippen molar-refractivity contribution in [1.82, 2.24) is 0 Å². The van der Waals surface area contributed by atoms with Gasteiger partial charge in [-0.3, -0.25) is 4.79 Å². The van der Waals surface area contributed by atoms with Crippen molar-refractivity contribution < 1.29 is 9.53 Å². The van der Waals surface area contributed by atoms with Crippen LogP contribution in [0.3, 0.4) is 0 Å². The fourth-order valence-corrected chi connectivity index (χ4v) is 4.34. The van der Waals surface area contributed by atoms with E-state index in [4.69, 9.17) is 4.74 Å². The average Bonchev–Trinajstić information content (AvgIpc) is 3.12. The first-order chi connectivity index (χ1) is 15.6. The number of ether oxygens (including phenoxy) is 1. The highest BCUT2D eigenvalue weighted by Gasteiger charge is 2.35. The number of esters is 1. The summed E-state index contributed by atoms with van der Waals surface area (Å²) in [5, 5.41) is 2.37. The largest absolute Gasteiger partial charge is 0.454 e. The summed E-state index contributed by atoms with van der Waals surface area (Å²) in [5.74, 6) is 1.48. The monoisotopic (exact) mass is 444 g/mol. The van der Waals surface area contributed by atoms with Crippen LogP contribution in [0.1, 0.15) is 83.9 Å². The summed E-state index contributed by atoms with van der Waals surface area (Å²) in [7, 11) is 0. The number of fused-ring (bicyclic) bond motifs is 2. The molecule has 0 spiro atoms. The van der Waals surface area contributed by atoms with E-state index >= 15 is 0 Å². The minimum atomic E-state index is -0.590. The van der Waals surface area contributed by atoms with Crippen molar-refractivity contribution in [3.63, 3.8) is 0 Å². The molecule has 0 bridgehead atoms. The van der Waals surface area contributed by atoms with E-state index in [1.54, 1.807) is 11.1 Å². The predicted octanol–water partition coefficient (Wildman–Crippen LogP) is 8.43. The van der Waals surface area contributed by atoms with E-state index in [-0.39, 0.29) is 5.97 Å². The van der Waals surface area contributed by atoms with E-state index in [0.717, 1.165) is 30.2 Å². The molecule has 3 unspecified atom stereocenters. The summed E-state index contributed by atoms with van der Waals surface area (Å²) in [6.07, 6.45) is 2.79. The summed E-state index contributed by atoms with van der Waals surface area (Å²) < 4.78 is 5.94. The fourth-order valence-electron chi connectivity index (χ4n) is 4.34. The van der Waals surface area contributed by atoms with Crippen LogP contribution in [0.4, 0.5) is 0 Å². The maximum atomic E-state index is 12.5. The molecule has 176 valence electrons. The number of benzene rings is 3. The van der Waals surface area contributed by atoms with Gasteiger partial charge in [-0.2, -0.15) is 0 Å². The van der Waals surface area contributed by atoms with Gasteiger partial charge in [0.05, 0.1) is 5.41 Å². The lowest BCUT2D eigenvalue weighted by atomic mass is 9.88. The van der Waals surface area contributed by atoms with Crippen molar-refractivity contribution in [2.45, 2.75) is 79.2 Å². The SMILES string of the molecule is CC1Cc2ccccc2C1C.CCC(C)(C)C(=O)OC(C)(CC)c1ccc2ccccc2c1. The lowest BCUT2D eigenvalue weighted by Gasteiger charge is -2.33. The molecule has 0 N–H and O–H groups in total. The van der Waals surface area contributed by atoms with E-state index in [9.17, 15) is 4.79 Å². The Kier molecular flexibility index (Phi) is 7.67. The quantitative estimate of drug-likeness (QED) is 0.369. The first-order valence-electron chi connectivity index (χ1n) is 12.4. The van der Waals surface area contributed by atoms with Gasteiger partial charge in [-0.25, -0.2) is 0 Å². The Morgan fingerprint density at radius 1 is 0.879 bits per heavy atom. The minimum Gasteiger partial charge on any atom is -0.454 e. The second kappa shape index (κ2) is 10.1. The van der Waals surface area contributed by atoms with Crippen LogP contribution >= 0.6 is 0 Å². The Morgan fingerprint density at radius 3 is 2.15 bits per heavy atom. The lowest BCUT2D eigenvalue weighted by molar-refractivity contribution is -0.170. The highest BCUT2D eigenvalue weighted by Crippen LogP contribution is 2.37. The smallest absolute Gasteiger partial charge is 0.312 e. The van der Waals surface area contributed by atoms with Crippen LogP contribution in [0.5, 0.6) is 0 Å². The van der Waals surface area contributed by atoms with Crippen LogP contribution in [0.2, 0.25) is 0 Å². The molecular weight excluding hydrogens is 404 g/mol. The van der Waals surface area contributed by atoms with E-state index in [1.165, 1.54) is 17.2 Å². The molecule has 3 atom stereocenters. The van der Waals surface area contributed by atoms with Crippen LogP contribution in [0.15, 0.2) is 66.7 Å². The summed E-state index contributed by atoms with van der Waals surface area (Å²) in [6.45, 7) is 14.6. The zero-order chi connectivity index (χ0) is 24.2. The summed E-state index contributed by atoms with van der Waals surface area (Å²) in [4.78, 5) is 12.5. The van der Waals surface area contributed by atoms with E-state index in [1.807, 2.05) is 39.8 Å². The topological polar surface area (TPSA) is 26.3 Å². The van der Waals surface area contributed by atoms with Crippen molar-refractivity contribution >= 4 is 16.7 Å². The van der Waals surface area contributed by atoms with Gasteiger partial charge in [0.2, 0.25) is 0 Å². The molecule has 0 amide bonds. The van der Waals surface area contributed by atoms with E-state index in [2.05, 4.69) is 75.4 Å². The highest BCUT2D eigenvalue weighted by molar-refractivity contribution is 5.83. The van der Waals surface area contributed by atoms with Crippen LogP contribution in [0, 0.1) is 11.3 Å². The molecule has 1 aliphatic carbocycles. The molecule has 3 aromatic rings. The van der Waals surface area contributed by atoms with E-state index in [0.29, 0.717) is 0 Å². The van der Waals surface area contributed by atoms with Gasteiger partial charge >= 0.3 is 5.97 Å². The third kappa shape index (κ3) is 5.49. The molecule has 0 heterocycles. The second-order valence-corrected chi connectivity index (χ2v) is 10.4. The lowest BCUT2D eigenvalue weighted by Crippen LogP contribution is -2.35. The zero-order valence-corrected chi connectivity index (χ0v) is 21.4. The average molecular weight is 445 g/mol. The van der Waals surface area contributed by atoms with Crippen molar-refractivity contribution in [3.05, 3.63) is 83.4 Å². The summed E-state index contributed by atoms with van der Waals surface area (Å²) >= 11 is 0. The number of carbonyl (C=O) groups is 1. The Morgan fingerprint density at radius 2 is 1.52 bits per heavy atom. The molecule has 0 saturated heterocycles. The minimum absolute atomic E-state index is 0.132. The van der Waals surface area contributed by atoms with Crippen LogP contribution in [-0.4, -0.2) is 5.97 Å². The molecule has 3 aromatic carbocycles. The molecule has 4 rings (SSSR count). The fraction of sp³-hybridized carbons (Fsp3) is 0.452. The standard InChI is InChI=1S/C20H26O2.C11H14/c1-6-19(3,4)18(21)22-20(5,7-2)17-13-12-15-10-8-9-11-16(15)14-17;1-8-7-10-5-3-4-6-11(10)9(8)2/h8-14H,6-7H2,1-5H3;3-6,8-9H,7H2,1-2H3. The van der Waals surface area contributed by atoms with Crippen LogP contribution in [-0.2, 0) is 21.6 Å². The predicted molar refractivity (Wildman–Crippen MR) is 139 cm³/mol. The Labute approximate surface area is 200 Å². The third-order valence-electron chi connectivity index (χ3n) is 7.73. The molecule has 0 fully saturated rings. The van der Waals surface area contributed by atoms with Crippen molar-refractivity contribution in [2.24, 2.45) is 11.3 Å². The van der Waals surface area contributed by atoms with E-state index < -0.39 is 11.0 Å². The summed E-state index contributed by atoms with van der Waals surface area (Å²) in [5.41, 5.74) is 3.14. The molecule has 0 radical (unpaired) electrons. The highest BCUT2D eigenvalue weighted by atomic mass is 16.6. The van der Waals surface area contributed by atoms with Crippen LogP contribution < -0.4 is 0 Å². The number of hydrogen-bond donors (Lipinski definition) is 0.